The summed E-state index contributed by atoms with van der Waals surface area (Å²) in [5.41, 5.74) is 27.2. The Kier molecular flexibility index (Phi) is 35.4. The SMILES string of the molecule is CCCCCCCCOc1ccc(-c2nnc(-c3cc(C)ccc3C)o2)cc1.CCCCCCCCc1ccc(-c2nnc(-c3cc(C)ccc3C)s2)cc1.COCCOCCc1ccc(-c2nnc(-c3cc(C)ccc3C)o2)cc1.Cc1ccc(C)c(-c2nnc(-c3ccc(C(C)(C)C)cc3)o2)c1.Cc1ccc(C)c(-c2nnc(-c3ccc(C(C)(C)C)cc3)o2)c1. The van der Waals surface area contributed by atoms with Gasteiger partial charge in [0.2, 0.25) is 47.1 Å². The van der Waals surface area contributed by atoms with Crippen LogP contribution in [0.1, 0.15) is 210 Å². The first kappa shape index (κ1) is 95.7. The Labute approximate surface area is 757 Å². The summed E-state index contributed by atoms with van der Waals surface area (Å²) in [4.78, 5) is 0. The third kappa shape index (κ3) is 28.5. The van der Waals surface area contributed by atoms with Crippen molar-refractivity contribution >= 4 is 11.3 Å². The van der Waals surface area contributed by atoms with Gasteiger partial charge in [-0.1, -0.05) is 280 Å². The number of hydrogen-bond acceptors (Lipinski definition) is 18. The van der Waals surface area contributed by atoms with Crippen LogP contribution in [0, 0.1) is 69.2 Å². The molecule has 662 valence electrons. The number of rotatable bonds is 31. The summed E-state index contributed by atoms with van der Waals surface area (Å²) >= 11 is 1.67. The van der Waals surface area contributed by atoms with Crippen LogP contribution in [0.4, 0.5) is 0 Å². The largest absolute Gasteiger partial charge is 0.494 e. The third-order valence-electron chi connectivity index (χ3n) is 22.3. The summed E-state index contributed by atoms with van der Waals surface area (Å²) in [6, 6.07) is 73.0. The molecule has 0 saturated heterocycles. The number of aryl methyl sites for hydroxylation is 11. The maximum atomic E-state index is 5.91. The maximum Gasteiger partial charge on any atom is 0.248 e. The van der Waals surface area contributed by atoms with Crippen LogP contribution < -0.4 is 4.74 Å². The average Bonchev–Trinajstić information content (AvgIpc) is 1.72. The molecule has 127 heavy (non-hydrogen) atoms. The normalized spacial score (nSPS) is 11.3. The van der Waals surface area contributed by atoms with Crippen LogP contribution in [-0.4, -0.2) is 84.5 Å². The van der Waals surface area contributed by atoms with Gasteiger partial charge in [0.1, 0.15) is 15.8 Å². The van der Waals surface area contributed by atoms with E-state index in [9.17, 15) is 0 Å². The Bertz CT molecular complexity index is 5740. The highest BCUT2D eigenvalue weighted by Crippen LogP contribution is 2.37. The Hall–Kier alpha value is -12.0. The molecule has 0 spiro atoms. The number of aromatic nitrogens is 10. The molecule has 0 amide bonds. The molecule has 5 aromatic heterocycles. The van der Waals surface area contributed by atoms with Crippen LogP contribution in [0.15, 0.2) is 230 Å². The Morgan fingerprint density at radius 1 is 0.276 bits per heavy atom. The van der Waals surface area contributed by atoms with Crippen molar-refractivity contribution in [2.45, 2.75) is 225 Å². The topological polar surface area (TPSA) is 209 Å². The van der Waals surface area contributed by atoms with Gasteiger partial charge < -0.3 is 31.9 Å². The van der Waals surface area contributed by atoms with Gasteiger partial charge >= 0.3 is 0 Å². The molecule has 0 bridgehead atoms. The summed E-state index contributed by atoms with van der Waals surface area (Å²) < 4.78 is 39.9. The van der Waals surface area contributed by atoms with Crippen molar-refractivity contribution in [2.75, 3.05) is 33.5 Å². The first-order valence-corrected chi connectivity index (χ1v) is 45.8. The van der Waals surface area contributed by atoms with E-state index < -0.39 is 0 Å². The summed E-state index contributed by atoms with van der Waals surface area (Å²) in [6.07, 6.45) is 17.7. The minimum absolute atomic E-state index is 0.136. The number of benzene rings is 10. The lowest BCUT2D eigenvalue weighted by Crippen LogP contribution is -2.10. The molecule has 10 aromatic carbocycles. The minimum atomic E-state index is 0.136. The van der Waals surface area contributed by atoms with Gasteiger partial charge in [-0.05, 0) is 247 Å². The van der Waals surface area contributed by atoms with E-state index in [4.69, 9.17) is 31.9 Å². The highest BCUT2D eigenvalue weighted by molar-refractivity contribution is 7.18. The van der Waals surface area contributed by atoms with Crippen molar-refractivity contribution in [1.29, 1.82) is 0 Å². The van der Waals surface area contributed by atoms with Crippen LogP contribution >= 0.6 is 11.3 Å². The zero-order valence-electron chi connectivity index (χ0n) is 78.2. The van der Waals surface area contributed by atoms with Crippen molar-refractivity contribution in [1.82, 2.24) is 51.0 Å². The van der Waals surface area contributed by atoms with Gasteiger partial charge in [0, 0.05) is 62.7 Å². The lowest BCUT2D eigenvalue weighted by Gasteiger charge is -2.18. The van der Waals surface area contributed by atoms with Crippen LogP contribution in [-0.2, 0) is 33.1 Å². The molecule has 0 radical (unpaired) electrons. The molecule has 0 unspecified atom stereocenters. The van der Waals surface area contributed by atoms with Crippen molar-refractivity contribution in [3.05, 3.63) is 290 Å². The maximum absolute atomic E-state index is 5.91. The second-order valence-electron chi connectivity index (χ2n) is 35.2. The van der Waals surface area contributed by atoms with Crippen molar-refractivity contribution in [2.24, 2.45) is 0 Å². The highest BCUT2D eigenvalue weighted by Gasteiger charge is 2.21. The Morgan fingerprint density at radius 3 is 0.953 bits per heavy atom. The van der Waals surface area contributed by atoms with Gasteiger partial charge in [-0.2, -0.15) is 0 Å². The predicted octanol–water partition coefficient (Wildman–Crippen LogP) is 29.0. The predicted molar refractivity (Wildman–Crippen MR) is 519 cm³/mol. The molecule has 0 atom stereocenters. The van der Waals surface area contributed by atoms with E-state index in [1.54, 1.807) is 18.4 Å². The number of hydrogen-bond donors (Lipinski definition) is 0. The van der Waals surface area contributed by atoms with Crippen LogP contribution in [0.25, 0.3) is 113 Å². The summed E-state index contributed by atoms with van der Waals surface area (Å²) in [7, 11) is 1.67. The third-order valence-corrected chi connectivity index (χ3v) is 23.3. The molecular weight excluding hydrogens is 1590 g/mol. The smallest absolute Gasteiger partial charge is 0.248 e. The molecule has 0 N–H and O–H groups in total. The van der Waals surface area contributed by atoms with E-state index in [2.05, 4.69) is 320 Å². The zero-order valence-corrected chi connectivity index (χ0v) is 79.0. The molecule has 15 aromatic rings. The van der Waals surface area contributed by atoms with Crippen LogP contribution in [0.3, 0.4) is 0 Å². The van der Waals surface area contributed by atoms with E-state index in [1.807, 2.05) is 67.6 Å². The number of methoxy groups -OCH3 is 1. The first-order valence-electron chi connectivity index (χ1n) is 45.0. The number of unbranched alkanes of at least 4 members (excludes halogenated alkanes) is 10. The number of ether oxygens (including phenoxy) is 3. The van der Waals surface area contributed by atoms with Gasteiger partial charge in [-0.3, -0.25) is 0 Å². The fraction of sp³-hybridized carbons (Fsp3) is 0.358. The fourth-order valence-corrected chi connectivity index (χ4v) is 15.2. The van der Waals surface area contributed by atoms with Crippen molar-refractivity contribution in [3.63, 3.8) is 0 Å². The molecule has 18 heteroatoms. The van der Waals surface area contributed by atoms with Gasteiger partial charge in [-0.25, -0.2) is 0 Å². The molecule has 0 aliphatic rings. The van der Waals surface area contributed by atoms with E-state index >= 15 is 0 Å². The molecule has 15 rings (SSSR count). The number of nitrogens with zero attached hydrogens (tertiary/aromatic N) is 10. The molecule has 0 saturated carbocycles. The Balaban J connectivity index is 0.000000154. The molecule has 17 nitrogen and oxygen atoms in total. The lowest BCUT2D eigenvalue weighted by atomic mass is 9.87. The standard InChI is InChI=1S/C24H30N2O2.C24H30N2S.C21H24N2O3.2C20H22N2O/c1-4-5-6-7-8-9-16-27-21-14-12-20(13-15-21)23-25-26-24(28-23)22-17-18(2)10-11-19(22)3;1-4-5-6-7-8-9-10-20-13-15-21(16-14-20)23-25-26-24(27-23)22-17-18(2)11-12-19(22)3;1-15-4-5-16(2)19(14-15)21-23-22-20(26-21)18-8-6-17(7-9-18)10-11-25-13-12-24-3;2*1-13-6-7-14(2)17(12-13)19-22-21-18(23-19)15-8-10-16(11-9-15)20(3,4)5/h10-15,17H,4-9,16H2,1-3H3;11-17H,4-10H2,1-3H3;4-9,14H,10-13H2,1-3H3;2*6-12H,1-5H3. The molecule has 0 fully saturated rings. The highest BCUT2D eigenvalue weighted by atomic mass is 32.1. The molecular formula is C109H128N10O7S. The summed E-state index contributed by atoms with van der Waals surface area (Å²) in [6.45, 7) is 41.1. The zero-order chi connectivity index (χ0) is 90.4. The van der Waals surface area contributed by atoms with Crippen LogP contribution in [0.5, 0.6) is 5.75 Å². The fourth-order valence-electron chi connectivity index (χ4n) is 14.2. The van der Waals surface area contributed by atoms with Gasteiger partial charge in [0.25, 0.3) is 0 Å². The quantitative estimate of drug-likeness (QED) is 0.0370. The van der Waals surface area contributed by atoms with Gasteiger partial charge in [0.05, 0.1) is 26.4 Å². The summed E-state index contributed by atoms with van der Waals surface area (Å²) in [5, 5.41) is 44.6. The van der Waals surface area contributed by atoms with Crippen molar-refractivity contribution in [3.8, 4) is 119 Å². The molecule has 0 aliphatic carbocycles. The molecule has 5 heterocycles. The van der Waals surface area contributed by atoms with Gasteiger partial charge in [-0.15, -0.1) is 51.0 Å². The minimum Gasteiger partial charge on any atom is -0.494 e. The second kappa shape index (κ2) is 47.0. The Morgan fingerprint density at radius 2 is 0.583 bits per heavy atom. The van der Waals surface area contributed by atoms with E-state index in [0.717, 1.165) is 108 Å². The first-order chi connectivity index (χ1) is 61.2. The van der Waals surface area contributed by atoms with Gasteiger partial charge in [0.15, 0.2) is 0 Å². The molecule has 0 aliphatic heterocycles. The van der Waals surface area contributed by atoms with Crippen LogP contribution in [0.2, 0.25) is 0 Å². The van der Waals surface area contributed by atoms with E-state index in [0.29, 0.717) is 66.9 Å². The van der Waals surface area contributed by atoms with E-state index in [-0.39, 0.29) is 10.8 Å². The average molecular weight is 1720 g/mol. The monoisotopic (exact) mass is 1720 g/mol. The van der Waals surface area contributed by atoms with E-state index in [1.165, 1.54) is 138 Å². The summed E-state index contributed by atoms with van der Waals surface area (Å²) in [5.74, 6) is 5.30. The van der Waals surface area contributed by atoms with Crippen molar-refractivity contribution < 1.29 is 31.9 Å². The lowest BCUT2D eigenvalue weighted by molar-refractivity contribution is 0.0722. The second-order valence-corrected chi connectivity index (χ2v) is 36.2.